The zero-order valence-corrected chi connectivity index (χ0v) is 13.6. The summed E-state index contributed by atoms with van der Waals surface area (Å²) in [5.41, 5.74) is 0.763. The summed E-state index contributed by atoms with van der Waals surface area (Å²) in [6.07, 6.45) is 3.89. The lowest BCUT2D eigenvalue weighted by Gasteiger charge is -2.28. The Morgan fingerprint density at radius 2 is 1.73 bits per heavy atom. The largest absolute Gasteiger partial charge is 0.486 e. The molecule has 1 aliphatic heterocycles. The van der Waals surface area contributed by atoms with Crippen molar-refractivity contribution in [2.45, 2.75) is 44.9 Å². The average Bonchev–Trinajstić information content (AvgIpc) is 3.35. The molecule has 2 aliphatic rings. The molecule has 1 amide bonds. The van der Waals surface area contributed by atoms with Crippen molar-refractivity contribution >= 4 is 5.91 Å². The van der Waals surface area contributed by atoms with Crippen molar-refractivity contribution in [3.05, 3.63) is 23.8 Å². The summed E-state index contributed by atoms with van der Waals surface area (Å²) in [4.78, 5) is 15.1. The van der Waals surface area contributed by atoms with Crippen LogP contribution in [0, 0.1) is 0 Å². The maximum absolute atomic E-state index is 13.0. The fourth-order valence-corrected chi connectivity index (χ4v) is 3.25. The summed E-state index contributed by atoms with van der Waals surface area (Å²) in [5, 5.41) is 0. The van der Waals surface area contributed by atoms with Crippen LogP contribution in [-0.2, 0) is 10.2 Å². The Labute approximate surface area is 132 Å². The van der Waals surface area contributed by atoms with Crippen molar-refractivity contribution in [1.29, 1.82) is 0 Å². The molecule has 1 aliphatic carbocycles. The molecule has 1 aromatic rings. The molecular weight excluding hydrogens is 278 g/mol. The SMILES string of the molecule is CCCN(CCC)C(=O)C1(c2ccc3c(c2)OCCO3)CC1. The molecule has 0 aromatic heterocycles. The quantitative estimate of drug-likeness (QED) is 0.810. The van der Waals surface area contributed by atoms with E-state index in [1.54, 1.807) is 0 Å². The van der Waals surface area contributed by atoms with Crippen molar-refractivity contribution in [3.63, 3.8) is 0 Å². The second-order valence-electron chi connectivity index (χ2n) is 6.23. The first-order valence-electron chi connectivity index (χ1n) is 8.41. The fraction of sp³-hybridized carbons (Fsp3) is 0.611. The lowest BCUT2D eigenvalue weighted by atomic mass is 9.93. The number of nitrogens with zero attached hydrogens (tertiary/aromatic N) is 1. The van der Waals surface area contributed by atoms with E-state index < -0.39 is 0 Å². The minimum atomic E-state index is -0.319. The monoisotopic (exact) mass is 303 g/mol. The molecule has 120 valence electrons. The molecule has 0 unspecified atom stereocenters. The third-order valence-electron chi connectivity index (χ3n) is 4.53. The zero-order chi connectivity index (χ0) is 15.6. The maximum Gasteiger partial charge on any atom is 0.233 e. The Bertz CT molecular complexity index is 545. The highest BCUT2D eigenvalue weighted by Gasteiger charge is 2.53. The molecule has 0 atom stereocenters. The van der Waals surface area contributed by atoms with Crippen molar-refractivity contribution in [2.24, 2.45) is 0 Å². The average molecular weight is 303 g/mol. The third-order valence-corrected chi connectivity index (χ3v) is 4.53. The number of ether oxygens (including phenoxy) is 2. The van der Waals surface area contributed by atoms with Crippen LogP contribution in [0.3, 0.4) is 0 Å². The smallest absolute Gasteiger partial charge is 0.233 e. The van der Waals surface area contributed by atoms with E-state index in [0.717, 1.165) is 55.8 Å². The molecule has 4 heteroatoms. The summed E-state index contributed by atoms with van der Waals surface area (Å²) in [6, 6.07) is 5.99. The number of carbonyl (C=O) groups excluding carboxylic acids is 1. The molecule has 1 saturated carbocycles. The molecule has 0 radical (unpaired) electrons. The Morgan fingerprint density at radius 1 is 1.09 bits per heavy atom. The minimum absolute atomic E-state index is 0.285. The molecule has 1 aromatic carbocycles. The predicted molar refractivity (Wildman–Crippen MR) is 85.5 cm³/mol. The second kappa shape index (κ2) is 6.19. The molecule has 3 rings (SSSR count). The fourth-order valence-electron chi connectivity index (χ4n) is 3.25. The number of hydrogen-bond donors (Lipinski definition) is 0. The standard InChI is InChI=1S/C18H25NO3/c1-3-9-19(10-4-2)17(20)18(7-8-18)14-5-6-15-16(13-14)22-12-11-21-15/h5-6,13H,3-4,7-12H2,1-2H3. The van der Waals surface area contributed by atoms with Gasteiger partial charge in [0.05, 0.1) is 5.41 Å². The third kappa shape index (κ3) is 2.67. The van der Waals surface area contributed by atoms with E-state index in [1.807, 2.05) is 23.1 Å². The lowest BCUT2D eigenvalue weighted by molar-refractivity contribution is -0.134. The van der Waals surface area contributed by atoms with Gasteiger partial charge in [-0.2, -0.15) is 0 Å². The number of carbonyl (C=O) groups is 1. The molecular formula is C18H25NO3. The highest BCUT2D eigenvalue weighted by molar-refractivity contribution is 5.91. The first-order valence-corrected chi connectivity index (χ1v) is 8.41. The Balaban J connectivity index is 1.84. The minimum Gasteiger partial charge on any atom is -0.486 e. The van der Waals surface area contributed by atoms with Crippen LogP contribution in [0.5, 0.6) is 11.5 Å². The van der Waals surface area contributed by atoms with E-state index in [2.05, 4.69) is 13.8 Å². The van der Waals surface area contributed by atoms with Gasteiger partial charge in [-0.05, 0) is 43.4 Å². The molecule has 0 saturated heterocycles. The van der Waals surface area contributed by atoms with Crippen LogP contribution in [-0.4, -0.2) is 37.1 Å². The molecule has 0 spiro atoms. The number of benzene rings is 1. The van der Waals surface area contributed by atoms with Crippen molar-refractivity contribution in [3.8, 4) is 11.5 Å². The molecule has 0 N–H and O–H groups in total. The van der Waals surface area contributed by atoms with Crippen LogP contribution in [0.1, 0.15) is 45.1 Å². The highest BCUT2D eigenvalue weighted by atomic mass is 16.6. The summed E-state index contributed by atoms with van der Waals surface area (Å²) >= 11 is 0. The number of fused-ring (bicyclic) bond motifs is 1. The van der Waals surface area contributed by atoms with E-state index in [9.17, 15) is 4.79 Å². The highest BCUT2D eigenvalue weighted by Crippen LogP contribution is 2.51. The van der Waals surface area contributed by atoms with Gasteiger partial charge in [0.15, 0.2) is 11.5 Å². The first kappa shape index (κ1) is 15.2. The Kier molecular flexibility index (Phi) is 4.27. The van der Waals surface area contributed by atoms with Crippen LogP contribution in [0.15, 0.2) is 18.2 Å². The van der Waals surface area contributed by atoms with Gasteiger partial charge in [0, 0.05) is 13.1 Å². The van der Waals surface area contributed by atoms with Crippen LogP contribution in [0.4, 0.5) is 0 Å². The molecule has 4 nitrogen and oxygen atoms in total. The van der Waals surface area contributed by atoms with Crippen molar-refractivity contribution in [1.82, 2.24) is 4.90 Å². The van der Waals surface area contributed by atoms with Gasteiger partial charge >= 0.3 is 0 Å². The van der Waals surface area contributed by atoms with E-state index in [0.29, 0.717) is 13.2 Å². The second-order valence-corrected chi connectivity index (χ2v) is 6.23. The van der Waals surface area contributed by atoms with Crippen LogP contribution < -0.4 is 9.47 Å². The van der Waals surface area contributed by atoms with Crippen molar-refractivity contribution in [2.75, 3.05) is 26.3 Å². The predicted octanol–water partition coefficient (Wildman–Crippen LogP) is 3.14. The summed E-state index contributed by atoms with van der Waals surface area (Å²) in [5.74, 6) is 1.85. The topological polar surface area (TPSA) is 38.8 Å². The molecule has 22 heavy (non-hydrogen) atoms. The van der Waals surface area contributed by atoms with Gasteiger partial charge in [-0.1, -0.05) is 19.9 Å². The van der Waals surface area contributed by atoms with Gasteiger partial charge < -0.3 is 14.4 Å². The molecule has 0 bridgehead atoms. The Morgan fingerprint density at radius 3 is 2.32 bits per heavy atom. The number of amides is 1. The number of rotatable bonds is 6. The molecule has 1 heterocycles. The van der Waals surface area contributed by atoms with Crippen molar-refractivity contribution < 1.29 is 14.3 Å². The van der Waals surface area contributed by atoms with Gasteiger partial charge in [0.2, 0.25) is 5.91 Å². The normalized spacial score (nSPS) is 17.9. The van der Waals surface area contributed by atoms with E-state index in [1.165, 1.54) is 0 Å². The summed E-state index contributed by atoms with van der Waals surface area (Å²) < 4.78 is 11.2. The van der Waals surface area contributed by atoms with E-state index in [-0.39, 0.29) is 11.3 Å². The summed E-state index contributed by atoms with van der Waals surface area (Å²) in [7, 11) is 0. The van der Waals surface area contributed by atoms with E-state index >= 15 is 0 Å². The molecule has 1 fully saturated rings. The zero-order valence-electron chi connectivity index (χ0n) is 13.6. The van der Waals surface area contributed by atoms with Gasteiger partial charge in [-0.25, -0.2) is 0 Å². The van der Waals surface area contributed by atoms with Gasteiger partial charge in [-0.3, -0.25) is 4.79 Å². The summed E-state index contributed by atoms with van der Waals surface area (Å²) in [6.45, 7) is 7.11. The van der Waals surface area contributed by atoms with Gasteiger partial charge in [0.1, 0.15) is 13.2 Å². The van der Waals surface area contributed by atoms with Crippen LogP contribution >= 0.6 is 0 Å². The Hall–Kier alpha value is -1.71. The van der Waals surface area contributed by atoms with Gasteiger partial charge in [-0.15, -0.1) is 0 Å². The maximum atomic E-state index is 13.0. The van der Waals surface area contributed by atoms with Crippen LogP contribution in [0.25, 0.3) is 0 Å². The van der Waals surface area contributed by atoms with Gasteiger partial charge in [0.25, 0.3) is 0 Å². The first-order chi connectivity index (χ1) is 10.7. The van der Waals surface area contributed by atoms with Crippen LogP contribution in [0.2, 0.25) is 0 Å². The van der Waals surface area contributed by atoms with E-state index in [4.69, 9.17) is 9.47 Å². The number of hydrogen-bond acceptors (Lipinski definition) is 3. The lowest BCUT2D eigenvalue weighted by Crippen LogP contribution is -2.40.